The van der Waals surface area contributed by atoms with E-state index in [9.17, 15) is 0 Å². The van der Waals surface area contributed by atoms with E-state index in [2.05, 4.69) is 63.3 Å². The highest BCUT2D eigenvalue weighted by atomic mass is 127. The van der Waals surface area contributed by atoms with Crippen LogP contribution in [0.4, 0.5) is 5.82 Å². The number of halogens is 1. The number of nitrogens with one attached hydrogen (secondary N) is 2. The largest absolute Gasteiger partial charge is 0.356 e. The SMILES string of the molecule is CCC(CC)CNC(=NC)NCc1ccnc(N2CCN(CC)CC2)c1.I. The number of guanidine groups is 1. The Balaban J connectivity index is 0.00000364. The average molecular weight is 488 g/mol. The van der Waals surface area contributed by atoms with E-state index in [0.717, 1.165) is 57.6 Å². The van der Waals surface area contributed by atoms with Crippen molar-refractivity contribution in [1.82, 2.24) is 20.5 Å². The Hall–Kier alpha value is -1.09. The summed E-state index contributed by atoms with van der Waals surface area (Å²) < 4.78 is 0. The van der Waals surface area contributed by atoms with Gasteiger partial charge in [-0.15, -0.1) is 24.0 Å². The molecule has 2 rings (SSSR count). The first kappa shape index (κ1) is 23.9. The molecule has 0 radical (unpaired) electrons. The molecule has 0 aliphatic carbocycles. The molecule has 0 aromatic carbocycles. The van der Waals surface area contributed by atoms with Crippen molar-refractivity contribution in [1.29, 1.82) is 0 Å². The number of hydrogen-bond donors (Lipinski definition) is 2. The molecule has 1 aliphatic heterocycles. The molecule has 0 bridgehead atoms. The van der Waals surface area contributed by atoms with E-state index in [1.807, 2.05) is 13.2 Å². The van der Waals surface area contributed by atoms with Gasteiger partial charge < -0.3 is 20.4 Å². The monoisotopic (exact) mass is 488 g/mol. The van der Waals surface area contributed by atoms with Crippen LogP contribution in [0.25, 0.3) is 0 Å². The zero-order valence-electron chi connectivity index (χ0n) is 17.4. The number of pyridine rings is 1. The summed E-state index contributed by atoms with van der Waals surface area (Å²) in [4.78, 5) is 13.8. The summed E-state index contributed by atoms with van der Waals surface area (Å²) in [5.74, 6) is 2.65. The number of rotatable bonds is 8. The minimum Gasteiger partial charge on any atom is -0.356 e. The minimum absolute atomic E-state index is 0. The van der Waals surface area contributed by atoms with E-state index in [-0.39, 0.29) is 24.0 Å². The number of anilines is 1. The van der Waals surface area contributed by atoms with Crippen molar-refractivity contribution in [2.24, 2.45) is 10.9 Å². The third-order valence-corrected chi connectivity index (χ3v) is 5.35. The highest BCUT2D eigenvalue weighted by Gasteiger charge is 2.16. The molecule has 7 heteroatoms. The molecule has 0 spiro atoms. The smallest absolute Gasteiger partial charge is 0.191 e. The third-order valence-electron chi connectivity index (χ3n) is 5.35. The summed E-state index contributed by atoms with van der Waals surface area (Å²) in [6.07, 6.45) is 4.30. The molecule has 0 unspecified atom stereocenters. The Labute approximate surface area is 182 Å². The third kappa shape index (κ3) is 7.81. The summed E-state index contributed by atoms with van der Waals surface area (Å²) >= 11 is 0. The zero-order chi connectivity index (χ0) is 18.8. The molecule has 2 N–H and O–H groups in total. The topological polar surface area (TPSA) is 55.8 Å². The summed E-state index contributed by atoms with van der Waals surface area (Å²) in [6, 6.07) is 4.27. The Morgan fingerprint density at radius 1 is 1.15 bits per heavy atom. The Kier molecular flexibility index (Phi) is 11.7. The second kappa shape index (κ2) is 13.1. The minimum atomic E-state index is 0. The summed E-state index contributed by atoms with van der Waals surface area (Å²) in [5, 5.41) is 6.86. The van der Waals surface area contributed by atoms with Crippen LogP contribution in [-0.2, 0) is 6.54 Å². The molecule has 1 fully saturated rings. The van der Waals surface area contributed by atoms with Gasteiger partial charge in [0.05, 0.1) is 0 Å². The molecule has 1 saturated heterocycles. The van der Waals surface area contributed by atoms with Crippen LogP contribution in [0.1, 0.15) is 39.2 Å². The molecule has 0 saturated carbocycles. The van der Waals surface area contributed by atoms with Crippen molar-refractivity contribution >= 4 is 35.8 Å². The maximum absolute atomic E-state index is 4.58. The predicted molar refractivity (Wildman–Crippen MR) is 126 cm³/mol. The van der Waals surface area contributed by atoms with E-state index in [4.69, 9.17) is 0 Å². The van der Waals surface area contributed by atoms with Crippen LogP contribution >= 0.6 is 24.0 Å². The first-order valence-electron chi connectivity index (χ1n) is 10.1. The van der Waals surface area contributed by atoms with Gasteiger partial charge in [0.1, 0.15) is 5.82 Å². The van der Waals surface area contributed by atoms with Gasteiger partial charge in [-0.2, -0.15) is 0 Å². The maximum atomic E-state index is 4.58. The number of piperazine rings is 1. The molecule has 0 amide bonds. The van der Waals surface area contributed by atoms with Crippen molar-refractivity contribution in [3.05, 3.63) is 23.9 Å². The lowest BCUT2D eigenvalue weighted by Gasteiger charge is -2.34. The van der Waals surface area contributed by atoms with Gasteiger partial charge >= 0.3 is 0 Å². The van der Waals surface area contributed by atoms with Gasteiger partial charge in [0.2, 0.25) is 0 Å². The van der Waals surface area contributed by atoms with Gasteiger partial charge in [0, 0.05) is 52.5 Å². The van der Waals surface area contributed by atoms with Crippen LogP contribution in [0, 0.1) is 5.92 Å². The standard InChI is InChI=1S/C20H36N6.HI/c1-5-17(6-2)15-23-20(21-4)24-16-18-8-9-22-19(14-18)26-12-10-25(7-3)11-13-26;/h8-9,14,17H,5-7,10-13,15-16H2,1-4H3,(H2,21,23,24);1H. The van der Waals surface area contributed by atoms with Crippen LogP contribution in [-0.4, -0.2) is 62.2 Å². The molecule has 1 aromatic heterocycles. The highest BCUT2D eigenvalue weighted by Crippen LogP contribution is 2.15. The van der Waals surface area contributed by atoms with Crippen molar-refractivity contribution < 1.29 is 0 Å². The quantitative estimate of drug-likeness (QED) is 0.335. The molecule has 27 heavy (non-hydrogen) atoms. The lowest BCUT2D eigenvalue weighted by molar-refractivity contribution is 0.270. The molecule has 154 valence electrons. The molecular formula is C20H37IN6. The fraction of sp³-hybridized carbons (Fsp3) is 0.700. The van der Waals surface area contributed by atoms with E-state index < -0.39 is 0 Å². The first-order valence-corrected chi connectivity index (χ1v) is 10.1. The highest BCUT2D eigenvalue weighted by molar-refractivity contribution is 14.0. The molecule has 1 aromatic rings. The average Bonchev–Trinajstić information content (AvgIpc) is 2.71. The lowest BCUT2D eigenvalue weighted by Crippen LogP contribution is -2.46. The van der Waals surface area contributed by atoms with Crippen molar-refractivity contribution in [2.75, 3.05) is 51.2 Å². The first-order chi connectivity index (χ1) is 12.7. The number of likely N-dealkylation sites (N-methyl/N-ethyl adjacent to an activating group) is 1. The summed E-state index contributed by atoms with van der Waals surface area (Å²) in [5.41, 5.74) is 1.23. The van der Waals surface area contributed by atoms with Gasteiger partial charge in [-0.3, -0.25) is 4.99 Å². The normalized spacial score (nSPS) is 15.6. The Bertz CT molecular complexity index is 553. The lowest BCUT2D eigenvalue weighted by atomic mass is 10.0. The summed E-state index contributed by atoms with van der Waals surface area (Å²) in [6.45, 7) is 13.9. The van der Waals surface area contributed by atoms with Crippen molar-refractivity contribution in [3.8, 4) is 0 Å². The molecule has 1 aliphatic rings. The van der Waals surface area contributed by atoms with Crippen LogP contribution in [0.2, 0.25) is 0 Å². The number of aromatic nitrogens is 1. The molecule has 6 nitrogen and oxygen atoms in total. The van der Waals surface area contributed by atoms with E-state index in [0.29, 0.717) is 5.92 Å². The maximum Gasteiger partial charge on any atom is 0.191 e. The molecule has 0 atom stereocenters. The summed E-state index contributed by atoms with van der Waals surface area (Å²) in [7, 11) is 1.83. The van der Waals surface area contributed by atoms with E-state index >= 15 is 0 Å². The van der Waals surface area contributed by atoms with Gasteiger partial charge in [0.25, 0.3) is 0 Å². The second-order valence-corrected chi connectivity index (χ2v) is 6.93. The van der Waals surface area contributed by atoms with Gasteiger partial charge in [-0.1, -0.05) is 33.6 Å². The van der Waals surface area contributed by atoms with Crippen molar-refractivity contribution in [2.45, 2.75) is 40.2 Å². The van der Waals surface area contributed by atoms with Gasteiger partial charge in [-0.05, 0) is 30.2 Å². The fourth-order valence-electron chi connectivity index (χ4n) is 3.26. The number of hydrogen-bond acceptors (Lipinski definition) is 4. The number of aliphatic imine (C=N–C) groups is 1. The fourth-order valence-corrected chi connectivity index (χ4v) is 3.26. The van der Waals surface area contributed by atoms with Crippen LogP contribution < -0.4 is 15.5 Å². The van der Waals surface area contributed by atoms with Crippen molar-refractivity contribution in [3.63, 3.8) is 0 Å². The van der Waals surface area contributed by atoms with E-state index in [1.165, 1.54) is 18.4 Å². The van der Waals surface area contributed by atoms with E-state index in [1.54, 1.807) is 0 Å². The Morgan fingerprint density at radius 3 is 2.44 bits per heavy atom. The van der Waals surface area contributed by atoms with Crippen LogP contribution in [0.5, 0.6) is 0 Å². The van der Waals surface area contributed by atoms with Crippen LogP contribution in [0.15, 0.2) is 23.3 Å². The molecule has 2 heterocycles. The zero-order valence-corrected chi connectivity index (χ0v) is 19.7. The predicted octanol–water partition coefficient (Wildman–Crippen LogP) is 2.94. The van der Waals surface area contributed by atoms with Gasteiger partial charge in [-0.25, -0.2) is 4.98 Å². The number of nitrogens with zero attached hydrogens (tertiary/aromatic N) is 4. The van der Waals surface area contributed by atoms with Crippen LogP contribution in [0.3, 0.4) is 0 Å². The van der Waals surface area contributed by atoms with Gasteiger partial charge in [0.15, 0.2) is 5.96 Å². The molecular weight excluding hydrogens is 451 g/mol. The second-order valence-electron chi connectivity index (χ2n) is 6.93. The Morgan fingerprint density at radius 2 is 1.85 bits per heavy atom.